The first-order chi connectivity index (χ1) is 9.88. The summed E-state index contributed by atoms with van der Waals surface area (Å²) in [6, 6.07) is 1.68. The van der Waals surface area contributed by atoms with Gasteiger partial charge >= 0.3 is 5.97 Å². The van der Waals surface area contributed by atoms with E-state index in [-0.39, 0.29) is 11.8 Å². The second-order valence-electron chi connectivity index (χ2n) is 5.93. The number of carboxylic acids is 1. The van der Waals surface area contributed by atoms with Gasteiger partial charge in [-0.3, -0.25) is 0 Å². The summed E-state index contributed by atoms with van der Waals surface area (Å²) in [6.45, 7) is 10.2. The van der Waals surface area contributed by atoms with Crippen molar-refractivity contribution in [1.29, 1.82) is 0 Å². The number of hydrogen-bond acceptors (Lipinski definition) is 2. The highest BCUT2D eigenvalue weighted by molar-refractivity contribution is 5.91. The minimum absolute atomic E-state index is 0.154. The van der Waals surface area contributed by atoms with Gasteiger partial charge in [0.2, 0.25) is 0 Å². The molecular weight excluding hydrogens is 264 g/mol. The Labute approximate surface area is 128 Å². The van der Waals surface area contributed by atoms with Gasteiger partial charge in [0.25, 0.3) is 0 Å². The van der Waals surface area contributed by atoms with Crippen LogP contribution in [0.15, 0.2) is 6.07 Å². The van der Waals surface area contributed by atoms with Gasteiger partial charge in [0.05, 0.1) is 5.56 Å². The smallest absolute Gasteiger partial charge is 0.335 e. The van der Waals surface area contributed by atoms with Gasteiger partial charge in [-0.1, -0.05) is 41.0 Å². The van der Waals surface area contributed by atoms with Gasteiger partial charge in [0.1, 0.15) is 5.75 Å². The largest absolute Gasteiger partial charge is 0.507 e. The van der Waals surface area contributed by atoms with Crippen LogP contribution in [0.25, 0.3) is 0 Å². The third-order valence-corrected chi connectivity index (χ3v) is 4.46. The maximum atomic E-state index is 11.7. The molecule has 0 amide bonds. The molecule has 2 atom stereocenters. The van der Waals surface area contributed by atoms with Crippen molar-refractivity contribution in [3.8, 4) is 5.75 Å². The number of rotatable bonds is 7. The van der Waals surface area contributed by atoms with Crippen LogP contribution in [0.3, 0.4) is 0 Å². The van der Waals surface area contributed by atoms with Crippen LogP contribution in [0.4, 0.5) is 0 Å². The monoisotopic (exact) mass is 292 g/mol. The Morgan fingerprint density at radius 1 is 1.14 bits per heavy atom. The molecule has 0 saturated carbocycles. The SMILES string of the molecule is CCCc1c(C(=O)O)cc(C(C)CC)c(O)c1C(C)CC. The predicted octanol–water partition coefficient (Wildman–Crippen LogP) is 5.07. The van der Waals surface area contributed by atoms with E-state index in [0.29, 0.717) is 17.7 Å². The Hall–Kier alpha value is -1.51. The molecule has 1 aromatic rings. The van der Waals surface area contributed by atoms with Crippen molar-refractivity contribution in [2.45, 2.75) is 72.1 Å². The van der Waals surface area contributed by atoms with E-state index in [4.69, 9.17) is 0 Å². The normalized spacial score (nSPS) is 14.0. The molecule has 0 saturated heterocycles. The van der Waals surface area contributed by atoms with E-state index in [1.54, 1.807) is 6.07 Å². The Kier molecular flexibility index (Phi) is 6.25. The first-order valence-electron chi connectivity index (χ1n) is 8.00. The summed E-state index contributed by atoms with van der Waals surface area (Å²) in [5, 5.41) is 20.3. The van der Waals surface area contributed by atoms with Crippen LogP contribution < -0.4 is 0 Å². The van der Waals surface area contributed by atoms with Crippen molar-refractivity contribution in [2.75, 3.05) is 0 Å². The molecule has 0 spiro atoms. The van der Waals surface area contributed by atoms with Crippen LogP contribution >= 0.6 is 0 Å². The van der Waals surface area contributed by atoms with E-state index in [1.165, 1.54) is 0 Å². The number of aromatic carboxylic acids is 1. The average Bonchev–Trinajstić information content (AvgIpc) is 2.46. The quantitative estimate of drug-likeness (QED) is 0.737. The Balaban J connectivity index is 3.68. The van der Waals surface area contributed by atoms with E-state index in [0.717, 1.165) is 36.0 Å². The van der Waals surface area contributed by atoms with Crippen LogP contribution in [0.1, 0.15) is 92.8 Å². The minimum atomic E-state index is -0.896. The fourth-order valence-corrected chi connectivity index (χ4v) is 2.80. The van der Waals surface area contributed by atoms with Gasteiger partial charge in [-0.05, 0) is 48.3 Å². The molecule has 0 bridgehead atoms. The first-order valence-corrected chi connectivity index (χ1v) is 8.00. The van der Waals surface area contributed by atoms with Gasteiger partial charge < -0.3 is 10.2 Å². The third kappa shape index (κ3) is 3.58. The van der Waals surface area contributed by atoms with E-state index in [2.05, 4.69) is 13.8 Å². The van der Waals surface area contributed by atoms with Gasteiger partial charge in [0, 0.05) is 5.56 Å². The molecule has 21 heavy (non-hydrogen) atoms. The number of benzene rings is 1. The summed E-state index contributed by atoms with van der Waals surface area (Å²) in [6.07, 6.45) is 3.31. The molecule has 0 aliphatic heterocycles. The lowest BCUT2D eigenvalue weighted by atomic mass is 9.83. The second kappa shape index (κ2) is 7.48. The third-order valence-electron chi connectivity index (χ3n) is 4.46. The Bertz CT molecular complexity index is 506. The molecule has 2 N–H and O–H groups in total. The van der Waals surface area contributed by atoms with Crippen LogP contribution in [0.2, 0.25) is 0 Å². The predicted molar refractivity (Wildman–Crippen MR) is 86.5 cm³/mol. The lowest BCUT2D eigenvalue weighted by Crippen LogP contribution is -2.11. The van der Waals surface area contributed by atoms with Gasteiger partial charge in [-0.2, -0.15) is 0 Å². The molecule has 0 aromatic heterocycles. The van der Waals surface area contributed by atoms with Crippen LogP contribution in [-0.4, -0.2) is 16.2 Å². The van der Waals surface area contributed by atoms with Crippen LogP contribution in [0.5, 0.6) is 5.75 Å². The number of aromatic hydroxyl groups is 1. The zero-order valence-electron chi connectivity index (χ0n) is 13.9. The van der Waals surface area contributed by atoms with Crippen molar-refractivity contribution in [3.63, 3.8) is 0 Å². The van der Waals surface area contributed by atoms with Crippen molar-refractivity contribution >= 4 is 5.97 Å². The zero-order valence-corrected chi connectivity index (χ0v) is 13.9. The van der Waals surface area contributed by atoms with Crippen molar-refractivity contribution in [3.05, 3.63) is 28.3 Å². The number of carbonyl (C=O) groups is 1. The summed E-state index contributed by atoms with van der Waals surface area (Å²) in [4.78, 5) is 11.7. The maximum Gasteiger partial charge on any atom is 0.335 e. The second-order valence-corrected chi connectivity index (χ2v) is 5.93. The fourth-order valence-electron chi connectivity index (χ4n) is 2.80. The first kappa shape index (κ1) is 17.5. The summed E-state index contributed by atoms with van der Waals surface area (Å²) < 4.78 is 0. The molecular formula is C18H28O3. The lowest BCUT2D eigenvalue weighted by molar-refractivity contribution is 0.0695. The zero-order chi connectivity index (χ0) is 16.2. The van der Waals surface area contributed by atoms with E-state index < -0.39 is 5.97 Å². The average molecular weight is 292 g/mol. The minimum Gasteiger partial charge on any atom is -0.507 e. The van der Waals surface area contributed by atoms with Crippen molar-refractivity contribution in [1.82, 2.24) is 0 Å². The van der Waals surface area contributed by atoms with Crippen LogP contribution in [0, 0.1) is 0 Å². The number of phenolic OH excluding ortho intramolecular Hbond substituents is 1. The van der Waals surface area contributed by atoms with Gasteiger partial charge in [-0.25, -0.2) is 4.79 Å². The molecule has 0 aliphatic rings. The molecule has 3 heteroatoms. The molecule has 0 radical (unpaired) electrons. The molecule has 0 aliphatic carbocycles. The lowest BCUT2D eigenvalue weighted by Gasteiger charge is -2.23. The summed E-state index contributed by atoms with van der Waals surface area (Å²) in [5.74, 6) is -0.269. The number of hydrogen-bond donors (Lipinski definition) is 2. The van der Waals surface area contributed by atoms with E-state index >= 15 is 0 Å². The summed E-state index contributed by atoms with van der Waals surface area (Å²) in [5.41, 5.74) is 2.78. The highest BCUT2D eigenvalue weighted by Gasteiger charge is 2.25. The topological polar surface area (TPSA) is 57.5 Å². The molecule has 0 heterocycles. The number of phenols is 1. The molecule has 3 nitrogen and oxygen atoms in total. The van der Waals surface area contributed by atoms with E-state index in [9.17, 15) is 15.0 Å². The van der Waals surface area contributed by atoms with E-state index in [1.807, 2.05) is 20.8 Å². The number of carboxylic acid groups (broad SMARTS) is 1. The molecule has 118 valence electrons. The Morgan fingerprint density at radius 2 is 1.71 bits per heavy atom. The fraction of sp³-hybridized carbons (Fsp3) is 0.611. The molecule has 1 rings (SSSR count). The van der Waals surface area contributed by atoms with Gasteiger partial charge in [-0.15, -0.1) is 0 Å². The highest BCUT2D eigenvalue weighted by atomic mass is 16.4. The van der Waals surface area contributed by atoms with Crippen molar-refractivity contribution in [2.24, 2.45) is 0 Å². The molecule has 2 unspecified atom stereocenters. The molecule has 0 fully saturated rings. The Morgan fingerprint density at radius 3 is 2.14 bits per heavy atom. The maximum absolute atomic E-state index is 11.7. The van der Waals surface area contributed by atoms with Crippen LogP contribution in [-0.2, 0) is 6.42 Å². The van der Waals surface area contributed by atoms with Crippen molar-refractivity contribution < 1.29 is 15.0 Å². The summed E-state index contributed by atoms with van der Waals surface area (Å²) >= 11 is 0. The molecule has 1 aromatic carbocycles. The summed E-state index contributed by atoms with van der Waals surface area (Å²) in [7, 11) is 0. The van der Waals surface area contributed by atoms with Gasteiger partial charge in [0.15, 0.2) is 0 Å². The highest BCUT2D eigenvalue weighted by Crippen LogP contribution is 2.40. The standard InChI is InChI=1S/C18H28O3/c1-6-9-13-15(18(20)21)10-14(11(4)7-2)17(19)16(13)12(5)8-3/h10-12,19H,6-9H2,1-5H3,(H,20,21).